The van der Waals surface area contributed by atoms with Crippen LogP contribution in [0.15, 0.2) is 49.1 Å². The van der Waals surface area contributed by atoms with E-state index in [1.54, 1.807) is 22.2 Å². The topological polar surface area (TPSA) is 80.4 Å². The SMILES string of the molecule is CCN(CC)c1nc2sc(C(=O)Nc3cnn(Cc4cn5ccccc5n4)c3)cc2s1. The summed E-state index contributed by atoms with van der Waals surface area (Å²) in [5.41, 5.74) is 2.46. The number of thiazole rings is 1. The minimum Gasteiger partial charge on any atom is -0.349 e. The number of aromatic nitrogens is 5. The lowest BCUT2D eigenvalue weighted by atomic mass is 10.4. The van der Waals surface area contributed by atoms with Crippen molar-refractivity contribution in [2.45, 2.75) is 20.4 Å². The molecular formula is C21H21N7OS2. The molecule has 10 heteroatoms. The number of hydrogen-bond donors (Lipinski definition) is 1. The highest BCUT2D eigenvalue weighted by Gasteiger charge is 2.16. The molecular weight excluding hydrogens is 430 g/mol. The van der Waals surface area contributed by atoms with E-state index in [2.05, 4.69) is 34.1 Å². The van der Waals surface area contributed by atoms with Crippen LogP contribution in [-0.2, 0) is 6.54 Å². The molecule has 0 fully saturated rings. The quantitative estimate of drug-likeness (QED) is 0.398. The average molecular weight is 452 g/mol. The maximum atomic E-state index is 12.7. The largest absolute Gasteiger partial charge is 0.349 e. The summed E-state index contributed by atoms with van der Waals surface area (Å²) < 4.78 is 4.78. The van der Waals surface area contributed by atoms with Gasteiger partial charge < -0.3 is 14.6 Å². The maximum Gasteiger partial charge on any atom is 0.265 e. The van der Waals surface area contributed by atoms with Gasteiger partial charge in [-0.1, -0.05) is 17.4 Å². The Morgan fingerprint density at radius 1 is 1.16 bits per heavy atom. The third-order valence-electron chi connectivity index (χ3n) is 4.96. The average Bonchev–Trinajstić information content (AvgIpc) is 3.52. The van der Waals surface area contributed by atoms with Gasteiger partial charge in [-0.2, -0.15) is 5.10 Å². The summed E-state index contributed by atoms with van der Waals surface area (Å²) >= 11 is 3.04. The van der Waals surface area contributed by atoms with E-state index in [1.165, 1.54) is 11.3 Å². The van der Waals surface area contributed by atoms with E-state index in [0.717, 1.165) is 39.1 Å². The van der Waals surface area contributed by atoms with E-state index in [1.807, 2.05) is 47.3 Å². The Morgan fingerprint density at radius 3 is 2.81 bits per heavy atom. The minimum absolute atomic E-state index is 0.146. The Bertz CT molecular complexity index is 1290. The van der Waals surface area contributed by atoms with Crippen molar-refractivity contribution in [2.75, 3.05) is 23.3 Å². The van der Waals surface area contributed by atoms with Crippen LogP contribution in [0.25, 0.3) is 15.2 Å². The number of nitrogens with one attached hydrogen (secondary N) is 1. The summed E-state index contributed by atoms with van der Waals surface area (Å²) in [6.45, 7) is 6.61. The second-order valence-electron chi connectivity index (χ2n) is 7.03. The van der Waals surface area contributed by atoms with E-state index >= 15 is 0 Å². The predicted molar refractivity (Wildman–Crippen MR) is 126 cm³/mol. The fraction of sp³-hybridized carbons (Fsp3) is 0.238. The Morgan fingerprint density at radius 2 is 2.03 bits per heavy atom. The van der Waals surface area contributed by atoms with Crippen molar-refractivity contribution in [1.82, 2.24) is 24.1 Å². The van der Waals surface area contributed by atoms with Crippen molar-refractivity contribution < 1.29 is 4.79 Å². The summed E-state index contributed by atoms with van der Waals surface area (Å²) in [6, 6.07) is 7.81. The monoisotopic (exact) mass is 451 g/mol. The number of carbonyl (C=O) groups excluding carboxylic acids is 1. The number of hydrogen-bond acceptors (Lipinski definition) is 7. The minimum atomic E-state index is -0.146. The molecule has 5 rings (SSSR count). The van der Waals surface area contributed by atoms with Gasteiger partial charge in [-0.05, 0) is 32.0 Å². The first-order valence-electron chi connectivity index (χ1n) is 10.0. The normalized spacial score (nSPS) is 11.4. The van der Waals surface area contributed by atoms with E-state index < -0.39 is 0 Å². The summed E-state index contributed by atoms with van der Waals surface area (Å²) in [6.07, 6.45) is 7.41. The fourth-order valence-corrected chi connectivity index (χ4v) is 5.64. The molecule has 158 valence electrons. The number of carbonyl (C=O) groups is 1. The van der Waals surface area contributed by atoms with E-state index in [-0.39, 0.29) is 5.91 Å². The van der Waals surface area contributed by atoms with Crippen LogP contribution in [0.1, 0.15) is 29.2 Å². The van der Waals surface area contributed by atoms with Crippen LogP contribution in [0.4, 0.5) is 10.8 Å². The summed E-state index contributed by atoms with van der Waals surface area (Å²) in [7, 11) is 0. The van der Waals surface area contributed by atoms with Crippen molar-refractivity contribution >= 4 is 54.6 Å². The zero-order chi connectivity index (χ0) is 21.4. The van der Waals surface area contributed by atoms with Crippen LogP contribution in [0.2, 0.25) is 0 Å². The van der Waals surface area contributed by atoms with Crippen molar-refractivity contribution in [2.24, 2.45) is 0 Å². The lowest BCUT2D eigenvalue weighted by Gasteiger charge is -2.16. The van der Waals surface area contributed by atoms with Gasteiger partial charge in [0.2, 0.25) is 0 Å². The number of nitrogens with zero attached hydrogens (tertiary/aromatic N) is 6. The van der Waals surface area contributed by atoms with E-state index in [4.69, 9.17) is 4.98 Å². The Hall–Kier alpha value is -3.24. The molecule has 0 saturated carbocycles. The molecule has 1 N–H and O–H groups in total. The molecule has 0 aliphatic carbocycles. The summed E-state index contributed by atoms with van der Waals surface area (Å²) in [5, 5.41) is 8.29. The second-order valence-corrected chi connectivity index (χ2v) is 9.07. The predicted octanol–water partition coefficient (Wildman–Crippen LogP) is 4.35. The van der Waals surface area contributed by atoms with Crippen molar-refractivity contribution in [1.29, 1.82) is 0 Å². The van der Waals surface area contributed by atoms with Crippen LogP contribution in [0, 0.1) is 0 Å². The third kappa shape index (κ3) is 3.91. The van der Waals surface area contributed by atoms with E-state index in [0.29, 0.717) is 17.1 Å². The highest BCUT2D eigenvalue weighted by atomic mass is 32.1. The second kappa shape index (κ2) is 8.12. The molecule has 0 aliphatic rings. The maximum absolute atomic E-state index is 12.7. The van der Waals surface area contributed by atoms with Gasteiger partial charge in [0.15, 0.2) is 5.13 Å². The van der Waals surface area contributed by atoms with Crippen molar-refractivity contribution in [3.63, 3.8) is 0 Å². The van der Waals surface area contributed by atoms with Crippen molar-refractivity contribution in [3.05, 3.63) is 59.6 Å². The van der Waals surface area contributed by atoms with Gasteiger partial charge >= 0.3 is 0 Å². The van der Waals surface area contributed by atoms with Crippen LogP contribution in [0.3, 0.4) is 0 Å². The van der Waals surface area contributed by atoms with Gasteiger partial charge in [-0.3, -0.25) is 9.48 Å². The van der Waals surface area contributed by atoms with Crippen LogP contribution < -0.4 is 10.2 Å². The molecule has 0 spiro atoms. The lowest BCUT2D eigenvalue weighted by Crippen LogP contribution is -2.21. The molecule has 0 bridgehead atoms. The van der Waals surface area contributed by atoms with Crippen LogP contribution in [-0.4, -0.2) is 43.1 Å². The van der Waals surface area contributed by atoms with Gasteiger partial charge in [0.05, 0.1) is 33.7 Å². The zero-order valence-electron chi connectivity index (χ0n) is 17.1. The first-order chi connectivity index (χ1) is 15.1. The van der Waals surface area contributed by atoms with Gasteiger partial charge in [0.1, 0.15) is 10.5 Å². The van der Waals surface area contributed by atoms with Gasteiger partial charge in [0, 0.05) is 31.7 Å². The van der Waals surface area contributed by atoms with Gasteiger partial charge in [-0.25, -0.2) is 9.97 Å². The Kier molecular flexibility index (Phi) is 5.16. The van der Waals surface area contributed by atoms with E-state index in [9.17, 15) is 4.79 Å². The summed E-state index contributed by atoms with van der Waals surface area (Å²) in [5.74, 6) is -0.146. The molecule has 0 radical (unpaired) electrons. The smallest absolute Gasteiger partial charge is 0.265 e. The third-order valence-corrected chi connectivity index (χ3v) is 7.18. The Labute approximate surface area is 186 Å². The number of anilines is 2. The van der Waals surface area contributed by atoms with Crippen molar-refractivity contribution in [3.8, 4) is 0 Å². The highest BCUT2D eigenvalue weighted by molar-refractivity contribution is 7.29. The molecule has 1 amide bonds. The van der Waals surface area contributed by atoms with Crippen LogP contribution in [0.5, 0.6) is 0 Å². The molecule has 0 aliphatic heterocycles. The number of fused-ring (bicyclic) bond motifs is 2. The molecule has 0 saturated heterocycles. The zero-order valence-corrected chi connectivity index (χ0v) is 18.8. The lowest BCUT2D eigenvalue weighted by molar-refractivity contribution is 0.103. The van der Waals surface area contributed by atoms with Gasteiger partial charge in [0.25, 0.3) is 5.91 Å². The first kappa shape index (κ1) is 19.7. The highest BCUT2D eigenvalue weighted by Crippen LogP contribution is 2.34. The number of rotatable bonds is 7. The number of pyridine rings is 1. The fourth-order valence-electron chi connectivity index (χ4n) is 3.40. The number of amides is 1. The molecule has 5 aromatic heterocycles. The molecule has 8 nitrogen and oxygen atoms in total. The molecule has 0 aromatic carbocycles. The molecule has 5 aromatic rings. The summed E-state index contributed by atoms with van der Waals surface area (Å²) in [4.78, 5) is 25.8. The molecule has 31 heavy (non-hydrogen) atoms. The number of imidazole rings is 1. The molecule has 5 heterocycles. The van der Waals surface area contributed by atoms with Crippen LogP contribution >= 0.6 is 22.7 Å². The molecule has 0 atom stereocenters. The first-order valence-corrected chi connectivity index (χ1v) is 11.7. The standard InChI is InChI=1S/C21H21N7OS2/c1-3-26(4-2)21-25-20-17(31-21)9-16(30-20)19(29)24-14-10-22-28(12-14)13-15-11-27-8-6-5-7-18(27)23-15/h5-12H,3-4,13H2,1-2H3,(H,24,29). The number of thiophene rings is 1. The molecule has 0 unspecified atom stereocenters. The van der Waals surface area contributed by atoms with Gasteiger partial charge in [-0.15, -0.1) is 11.3 Å². The Balaban J connectivity index is 1.27.